The number of sulfonamides is 1. The van der Waals surface area contributed by atoms with E-state index in [0.29, 0.717) is 11.3 Å². The molecule has 3 aromatic rings. The minimum absolute atomic E-state index is 0.126. The number of esters is 1. The fourth-order valence-corrected chi connectivity index (χ4v) is 3.83. The maximum Gasteiger partial charge on any atom is 0.339 e. The Kier molecular flexibility index (Phi) is 5.57. The molecule has 5 nitrogen and oxygen atoms in total. The molecule has 27 heavy (non-hydrogen) atoms. The van der Waals surface area contributed by atoms with Gasteiger partial charge in [0.2, 0.25) is 0 Å². The lowest BCUT2D eigenvalue weighted by atomic mass is 10.2. The van der Waals surface area contributed by atoms with Crippen molar-refractivity contribution in [3.05, 3.63) is 96.1 Å². The molecule has 138 valence electrons. The summed E-state index contributed by atoms with van der Waals surface area (Å²) in [6.07, 6.45) is 0. The first-order valence-electron chi connectivity index (χ1n) is 8.35. The SMILES string of the molecule is Cc1ccc(N(COC(=O)c2ccccc2)S(=O)(=O)c2ccccc2)cc1. The van der Waals surface area contributed by atoms with E-state index in [2.05, 4.69) is 0 Å². The van der Waals surface area contributed by atoms with E-state index in [9.17, 15) is 13.2 Å². The van der Waals surface area contributed by atoms with Gasteiger partial charge in [-0.3, -0.25) is 0 Å². The number of aryl methyl sites for hydroxylation is 1. The van der Waals surface area contributed by atoms with Crippen LogP contribution < -0.4 is 4.31 Å². The number of carbonyl (C=O) groups excluding carboxylic acids is 1. The minimum atomic E-state index is -3.89. The molecule has 0 heterocycles. The molecule has 0 radical (unpaired) electrons. The molecule has 0 aliphatic heterocycles. The van der Waals surface area contributed by atoms with Gasteiger partial charge in [-0.25, -0.2) is 17.5 Å². The number of rotatable bonds is 6. The molecule has 0 unspecified atom stereocenters. The highest BCUT2D eigenvalue weighted by Gasteiger charge is 2.26. The maximum atomic E-state index is 13.1. The summed E-state index contributed by atoms with van der Waals surface area (Å²) < 4.78 is 32.6. The molecule has 0 bridgehead atoms. The van der Waals surface area contributed by atoms with Crippen LogP contribution in [0.5, 0.6) is 0 Å². The van der Waals surface area contributed by atoms with Gasteiger partial charge < -0.3 is 4.74 Å². The molecule has 0 atom stereocenters. The van der Waals surface area contributed by atoms with Crippen LogP contribution in [0.2, 0.25) is 0 Å². The van der Waals surface area contributed by atoms with Gasteiger partial charge in [-0.05, 0) is 43.3 Å². The highest BCUT2D eigenvalue weighted by molar-refractivity contribution is 7.92. The third kappa shape index (κ3) is 4.35. The summed E-state index contributed by atoms with van der Waals surface area (Å²) in [6, 6.07) is 23.5. The van der Waals surface area contributed by atoms with Gasteiger partial charge in [-0.2, -0.15) is 0 Å². The van der Waals surface area contributed by atoms with Crippen molar-refractivity contribution < 1.29 is 17.9 Å². The van der Waals surface area contributed by atoms with Crippen molar-refractivity contribution in [3.8, 4) is 0 Å². The first-order chi connectivity index (χ1) is 13.0. The maximum absolute atomic E-state index is 13.1. The second kappa shape index (κ2) is 8.05. The summed E-state index contributed by atoms with van der Waals surface area (Å²) in [7, 11) is -3.89. The number of hydrogen-bond acceptors (Lipinski definition) is 4. The summed E-state index contributed by atoms with van der Waals surface area (Å²) in [4.78, 5) is 12.4. The molecule has 6 heteroatoms. The van der Waals surface area contributed by atoms with Gasteiger partial charge in [0.15, 0.2) is 6.73 Å². The topological polar surface area (TPSA) is 63.7 Å². The Morgan fingerprint density at radius 2 is 1.41 bits per heavy atom. The third-order valence-electron chi connectivity index (χ3n) is 3.98. The molecular weight excluding hydrogens is 362 g/mol. The summed E-state index contributed by atoms with van der Waals surface area (Å²) in [6.45, 7) is 1.49. The Morgan fingerprint density at radius 3 is 2.00 bits per heavy atom. The van der Waals surface area contributed by atoms with Crippen molar-refractivity contribution in [2.45, 2.75) is 11.8 Å². The fourth-order valence-electron chi connectivity index (χ4n) is 2.49. The van der Waals surface area contributed by atoms with E-state index in [1.165, 1.54) is 12.1 Å². The average Bonchev–Trinajstić information content (AvgIpc) is 2.70. The first-order valence-corrected chi connectivity index (χ1v) is 9.79. The van der Waals surface area contributed by atoms with Crippen LogP contribution in [-0.2, 0) is 14.8 Å². The number of ether oxygens (including phenoxy) is 1. The second-order valence-corrected chi connectivity index (χ2v) is 7.79. The van der Waals surface area contributed by atoms with Gasteiger partial charge in [0.05, 0.1) is 16.1 Å². The predicted molar refractivity (Wildman–Crippen MR) is 104 cm³/mol. The zero-order chi connectivity index (χ0) is 19.3. The van der Waals surface area contributed by atoms with E-state index < -0.39 is 22.7 Å². The van der Waals surface area contributed by atoms with Crippen molar-refractivity contribution in [2.24, 2.45) is 0 Å². The minimum Gasteiger partial charge on any atom is -0.440 e. The Labute approximate surface area is 158 Å². The molecular formula is C21H19NO4S. The summed E-state index contributed by atoms with van der Waals surface area (Å²) in [5.74, 6) is -0.587. The molecule has 3 aromatic carbocycles. The van der Waals surface area contributed by atoms with Crippen LogP contribution in [-0.4, -0.2) is 21.1 Å². The van der Waals surface area contributed by atoms with Crippen molar-refractivity contribution >= 4 is 21.7 Å². The first kappa shape index (κ1) is 18.7. The van der Waals surface area contributed by atoms with Gasteiger partial charge in [-0.15, -0.1) is 0 Å². The lowest BCUT2D eigenvalue weighted by Crippen LogP contribution is -2.34. The van der Waals surface area contributed by atoms with Crippen LogP contribution in [0.15, 0.2) is 89.8 Å². The molecule has 3 rings (SSSR count). The number of carbonyl (C=O) groups is 1. The zero-order valence-corrected chi connectivity index (χ0v) is 15.6. The van der Waals surface area contributed by atoms with Crippen LogP contribution in [0.1, 0.15) is 15.9 Å². The van der Waals surface area contributed by atoms with E-state index in [1.54, 1.807) is 60.7 Å². The van der Waals surface area contributed by atoms with Gasteiger partial charge in [0.25, 0.3) is 10.0 Å². The van der Waals surface area contributed by atoms with E-state index in [4.69, 9.17) is 4.74 Å². The van der Waals surface area contributed by atoms with Gasteiger partial charge in [0, 0.05) is 0 Å². The average molecular weight is 381 g/mol. The molecule has 0 spiro atoms. The Hall–Kier alpha value is -3.12. The van der Waals surface area contributed by atoms with Crippen LogP contribution >= 0.6 is 0 Å². The van der Waals surface area contributed by atoms with Crippen molar-refractivity contribution in [1.29, 1.82) is 0 Å². The third-order valence-corrected chi connectivity index (χ3v) is 5.74. The van der Waals surface area contributed by atoms with E-state index in [1.807, 2.05) is 19.1 Å². The Morgan fingerprint density at radius 1 is 0.852 bits per heavy atom. The van der Waals surface area contributed by atoms with E-state index in [-0.39, 0.29) is 4.90 Å². The lowest BCUT2D eigenvalue weighted by Gasteiger charge is -2.24. The Bertz CT molecular complexity index is 1000. The molecule has 0 fully saturated rings. The fraction of sp³-hybridized carbons (Fsp3) is 0.0952. The van der Waals surface area contributed by atoms with Gasteiger partial charge in [-0.1, -0.05) is 54.1 Å². The smallest absolute Gasteiger partial charge is 0.339 e. The molecule has 0 saturated heterocycles. The molecule has 0 N–H and O–H groups in total. The molecule has 0 aromatic heterocycles. The molecule has 0 aliphatic carbocycles. The number of nitrogens with zero attached hydrogens (tertiary/aromatic N) is 1. The number of benzene rings is 3. The Balaban J connectivity index is 1.91. The van der Waals surface area contributed by atoms with Crippen molar-refractivity contribution in [2.75, 3.05) is 11.0 Å². The highest BCUT2D eigenvalue weighted by Crippen LogP contribution is 2.24. The normalized spacial score (nSPS) is 11.0. The van der Waals surface area contributed by atoms with E-state index in [0.717, 1.165) is 9.87 Å². The van der Waals surface area contributed by atoms with E-state index >= 15 is 0 Å². The van der Waals surface area contributed by atoms with Crippen LogP contribution in [0.4, 0.5) is 5.69 Å². The number of anilines is 1. The van der Waals surface area contributed by atoms with Gasteiger partial charge >= 0.3 is 5.97 Å². The molecule has 0 saturated carbocycles. The van der Waals surface area contributed by atoms with Gasteiger partial charge in [0.1, 0.15) is 0 Å². The predicted octanol–water partition coefficient (Wildman–Crippen LogP) is 4.00. The largest absolute Gasteiger partial charge is 0.440 e. The summed E-state index contributed by atoms with van der Waals surface area (Å²) in [5.41, 5.74) is 1.78. The van der Waals surface area contributed by atoms with Crippen LogP contribution in [0.25, 0.3) is 0 Å². The van der Waals surface area contributed by atoms with Crippen molar-refractivity contribution in [1.82, 2.24) is 0 Å². The quantitative estimate of drug-likeness (QED) is 0.478. The highest BCUT2D eigenvalue weighted by atomic mass is 32.2. The molecule has 0 aliphatic rings. The summed E-state index contributed by atoms with van der Waals surface area (Å²) in [5, 5.41) is 0. The second-order valence-electron chi connectivity index (χ2n) is 5.93. The summed E-state index contributed by atoms with van der Waals surface area (Å²) >= 11 is 0. The lowest BCUT2D eigenvalue weighted by molar-refractivity contribution is 0.0520. The molecule has 0 amide bonds. The number of hydrogen-bond donors (Lipinski definition) is 0. The zero-order valence-electron chi connectivity index (χ0n) is 14.8. The standard InChI is InChI=1S/C21H19NO4S/c1-17-12-14-19(15-13-17)22(27(24,25)20-10-6-3-7-11-20)16-26-21(23)18-8-4-2-5-9-18/h2-15H,16H2,1H3. The monoisotopic (exact) mass is 381 g/mol. The van der Waals surface area contributed by atoms with Crippen molar-refractivity contribution in [3.63, 3.8) is 0 Å². The van der Waals surface area contributed by atoms with Crippen LogP contribution in [0, 0.1) is 6.92 Å². The van der Waals surface area contributed by atoms with Crippen LogP contribution in [0.3, 0.4) is 0 Å².